The number of amides is 1. The van der Waals surface area contributed by atoms with Gasteiger partial charge in [-0.3, -0.25) is 9.89 Å². The molecule has 0 aliphatic carbocycles. The molecule has 114 valence electrons. The Labute approximate surface area is 119 Å². The van der Waals surface area contributed by atoms with E-state index in [1.165, 1.54) is 20.8 Å². The maximum Gasteiger partial charge on any atom is 0.409 e. The minimum atomic E-state index is -4.49. The Morgan fingerprint density at radius 2 is 2.00 bits per heavy atom. The van der Waals surface area contributed by atoms with Gasteiger partial charge in [0.15, 0.2) is 0 Å². The van der Waals surface area contributed by atoms with Crippen LogP contribution in [0.2, 0.25) is 0 Å². The van der Waals surface area contributed by atoms with Crippen LogP contribution in [0.4, 0.5) is 13.2 Å². The predicted molar refractivity (Wildman–Crippen MR) is 69.3 cm³/mol. The molecule has 0 aliphatic rings. The number of aryl methyl sites for hydroxylation is 1. The third-order valence-electron chi connectivity index (χ3n) is 2.41. The van der Waals surface area contributed by atoms with Gasteiger partial charge in [0, 0.05) is 0 Å². The highest BCUT2D eigenvalue weighted by atomic mass is 32.2. The number of halogens is 3. The number of hydrogen-bond acceptors (Lipinski definition) is 4. The van der Waals surface area contributed by atoms with E-state index < -0.39 is 23.5 Å². The molecule has 0 spiro atoms. The summed E-state index contributed by atoms with van der Waals surface area (Å²) in [4.78, 5) is 15.6. The molecule has 1 atom stereocenters. The molecule has 1 aromatic heterocycles. The van der Waals surface area contributed by atoms with Gasteiger partial charge in [-0.2, -0.15) is 13.2 Å². The van der Waals surface area contributed by atoms with Crippen molar-refractivity contribution in [3.63, 3.8) is 0 Å². The quantitative estimate of drug-likeness (QED) is 0.837. The van der Waals surface area contributed by atoms with Gasteiger partial charge >= 0.3 is 6.18 Å². The minimum Gasteiger partial charge on any atom is -0.343 e. The summed E-state index contributed by atoms with van der Waals surface area (Å²) in [7, 11) is 0. The van der Waals surface area contributed by atoms with E-state index in [1.807, 2.05) is 5.32 Å². The van der Waals surface area contributed by atoms with Crippen LogP contribution in [0.15, 0.2) is 5.16 Å². The van der Waals surface area contributed by atoms with Gasteiger partial charge in [-0.15, -0.1) is 5.10 Å². The van der Waals surface area contributed by atoms with Crippen LogP contribution in [0, 0.1) is 12.3 Å². The zero-order valence-corrected chi connectivity index (χ0v) is 12.4. The summed E-state index contributed by atoms with van der Waals surface area (Å²) < 4.78 is 38.7. The van der Waals surface area contributed by atoms with E-state index in [0.29, 0.717) is 11.0 Å². The Bertz CT molecular complexity index is 453. The van der Waals surface area contributed by atoms with Crippen molar-refractivity contribution in [3.05, 3.63) is 5.82 Å². The number of aromatic amines is 1. The van der Waals surface area contributed by atoms with E-state index in [9.17, 15) is 18.0 Å². The standard InChI is InChI=1S/C11H17F3N4OS/c1-6-15-9(18-17-6)20-5-7(19)16-8(10(2,3)4)11(12,13)14/h8H,5H2,1-4H3,(H,16,19)(H,15,17,18)/t8-/m0/s1. The summed E-state index contributed by atoms with van der Waals surface area (Å²) in [6, 6.07) is -1.89. The van der Waals surface area contributed by atoms with E-state index in [-0.39, 0.29) is 5.75 Å². The van der Waals surface area contributed by atoms with Gasteiger partial charge in [0.2, 0.25) is 11.1 Å². The summed E-state index contributed by atoms with van der Waals surface area (Å²) in [6.45, 7) is 5.97. The van der Waals surface area contributed by atoms with Crippen LogP contribution in [0.5, 0.6) is 0 Å². The third kappa shape index (κ3) is 5.03. The first kappa shape index (κ1) is 16.8. The molecule has 0 bridgehead atoms. The number of carbonyl (C=O) groups is 1. The van der Waals surface area contributed by atoms with E-state index >= 15 is 0 Å². The fourth-order valence-corrected chi connectivity index (χ4v) is 2.16. The summed E-state index contributed by atoms with van der Waals surface area (Å²) in [6.07, 6.45) is -4.49. The Morgan fingerprint density at radius 3 is 2.40 bits per heavy atom. The lowest BCUT2D eigenvalue weighted by atomic mass is 9.86. The molecule has 1 aromatic rings. The Kier molecular flexibility index (Phi) is 5.06. The molecule has 0 unspecified atom stereocenters. The molecule has 20 heavy (non-hydrogen) atoms. The summed E-state index contributed by atoms with van der Waals surface area (Å²) >= 11 is 0.980. The Hall–Kier alpha value is -1.25. The molecule has 0 saturated heterocycles. The molecule has 1 heterocycles. The molecule has 1 rings (SSSR count). The molecule has 0 fully saturated rings. The van der Waals surface area contributed by atoms with Crippen LogP contribution in [0.25, 0.3) is 0 Å². The molecular weight excluding hydrogens is 293 g/mol. The number of aromatic nitrogens is 3. The smallest absolute Gasteiger partial charge is 0.343 e. The van der Waals surface area contributed by atoms with Crippen LogP contribution in [-0.4, -0.2) is 39.1 Å². The molecule has 0 aromatic carbocycles. The highest BCUT2D eigenvalue weighted by molar-refractivity contribution is 7.99. The van der Waals surface area contributed by atoms with Gasteiger partial charge in [-0.05, 0) is 12.3 Å². The fraction of sp³-hybridized carbons (Fsp3) is 0.727. The summed E-state index contributed by atoms with van der Waals surface area (Å²) in [5, 5.41) is 8.73. The maximum atomic E-state index is 12.9. The second-order valence-corrected chi connectivity index (χ2v) is 6.34. The SMILES string of the molecule is Cc1nc(SCC(=O)N[C@@H](C(C)(C)C)C(F)(F)F)n[nH]1. The van der Waals surface area contributed by atoms with Gasteiger partial charge < -0.3 is 5.32 Å². The van der Waals surface area contributed by atoms with Gasteiger partial charge in [-0.25, -0.2) is 4.98 Å². The van der Waals surface area contributed by atoms with Crippen molar-refractivity contribution in [1.29, 1.82) is 0 Å². The van der Waals surface area contributed by atoms with Crippen molar-refractivity contribution >= 4 is 17.7 Å². The number of hydrogen-bond donors (Lipinski definition) is 2. The van der Waals surface area contributed by atoms with Gasteiger partial charge in [0.25, 0.3) is 0 Å². The maximum absolute atomic E-state index is 12.9. The first-order valence-electron chi connectivity index (χ1n) is 5.88. The first-order valence-corrected chi connectivity index (χ1v) is 6.86. The molecule has 5 nitrogen and oxygen atoms in total. The molecule has 2 N–H and O–H groups in total. The average Bonchev–Trinajstić information content (AvgIpc) is 2.66. The van der Waals surface area contributed by atoms with Gasteiger partial charge in [-0.1, -0.05) is 32.5 Å². The van der Waals surface area contributed by atoms with Crippen molar-refractivity contribution in [1.82, 2.24) is 20.5 Å². The van der Waals surface area contributed by atoms with E-state index in [1.54, 1.807) is 6.92 Å². The van der Waals surface area contributed by atoms with E-state index in [2.05, 4.69) is 15.2 Å². The number of alkyl halides is 3. The number of nitrogens with one attached hydrogen (secondary N) is 2. The van der Waals surface area contributed by atoms with E-state index in [0.717, 1.165) is 11.8 Å². The summed E-state index contributed by atoms with van der Waals surface area (Å²) in [5.74, 6) is -0.287. The highest BCUT2D eigenvalue weighted by Gasteiger charge is 2.47. The third-order valence-corrected chi connectivity index (χ3v) is 3.26. The van der Waals surface area contributed by atoms with Crippen LogP contribution in [0.1, 0.15) is 26.6 Å². The predicted octanol–water partition coefficient (Wildman–Crippen LogP) is 2.30. The van der Waals surface area contributed by atoms with Crippen LogP contribution in [-0.2, 0) is 4.79 Å². The van der Waals surface area contributed by atoms with Crippen molar-refractivity contribution in [2.75, 3.05) is 5.75 Å². The number of H-pyrrole nitrogens is 1. The van der Waals surface area contributed by atoms with Crippen LogP contribution in [0.3, 0.4) is 0 Å². The van der Waals surface area contributed by atoms with Crippen LogP contribution < -0.4 is 5.32 Å². The lowest BCUT2D eigenvalue weighted by Crippen LogP contribution is -2.53. The highest BCUT2D eigenvalue weighted by Crippen LogP contribution is 2.33. The van der Waals surface area contributed by atoms with Gasteiger partial charge in [0.05, 0.1) is 5.75 Å². The molecule has 9 heteroatoms. The lowest BCUT2D eigenvalue weighted by molar-refractivity contribution is -0.180. The van der Waals surface area contributed by atoms with Crippen LogP contribution >= 0.6 is 11.8 Å². The molecule has 0 saturated carbocycles. The number of rotatable bonds is 4. The second-order valence-electron chi connectivity index (χ2n) is 5.40. The Balaban J connectivity index is 2.59. The number of thioether (sulfide) groups is 1. The number of carbonyl (C=O) groups excluding carboxylic acids is 1. The number of nitrogens with zero attached hydrogens (tertiary/aromatic N) is 2. The van der Waals surface area contributed by atoms with Crippen molar-refractivity contribution in [2.45, 2.75) is 45.1 Å². The second kappa shape index (κ2) is 6.02. The van der Waals surface area contributed by atoms with Gasteiger partial charge in [0.1, 0.15) is 11.9 Å². The largest absolute Gasteiger partial charge is 0.409 e. The average molecular weight is 310 g/mol. The lowest BCUT2D eigenvalue weighted by Gasteiger charge is -2.32. The van der Waals surface area contributed by atoms with Crippen molar-refractivity contribution in [3.8, 4) is 0 Å². The Morgan fingerprint density at radius 1 is 1.40 bits per heavy atom. The normalized spacial score (nSPS) is 14.2. The fourth-order valence-electron chi connectivity index (χ4n) is 1.51. The minimum absolute atomic E-state index is 0.167. The topological polar surface area (TPSA) is 70.7 Å². The molecule has 0 radical (unpaired) electrons. The van der Waals surface area contributed by atoms with Crippen molar-refractivity contribution in [2.24, 2.45) is 5.41 Å². The molecule has 1 amide bonds. The zero-order valence-electron chi connectivity index (χ0n) is 11.6. The zero-order chi connectivity index (χ0) is 15.6. The van der Waals surface area contributed by atoms with E-state index in [4.69, 9.17) is 0 Å². The molecule has 0 aliphatic heterocycles. The monoisotopic (exact) mass is 310 g/mol. The van der Waals surface area contributed by atoms with Crippen molar-refractivity contribution < 1.29 is 18.0 Å². The molecular formula is C11H17F3N4OS. The summed E-state index contributed by atoms with van der Waals surface area (Å²) in [5.41, 5.74) is -1.11. The first-order chi connectivity index (χ1) is 9.00.